The molecule has 0 amide bonds. The first-order chi connectivity index (χ1) is 6.83. The summed E-state index contributed by atoms with van der Waals surface area (Å²) >= 11 is 0. The molecule has 0 aromatic carbocycles. The number of aromatic nitrogens is 3. The van der Waals surface area contributed by atoms with E-state index < -0.39 is 0 Å². The van der Waals surface area contributed by atoms with Gasteiger partial charge < -0.3 is 10.5 Å². The van der Waals surface area contributed by atoms with Crippen molar-refractivity contribution in [2.45, 2.75) is 6.54 Å². The fourth-order valence-electron chi connectivity index (χ4n) is 1.42. The van der Waals surface area contributed by atoms with Crippen molar-refractivity contribution in [1.29, 1.82) is 0 Å². The molecule has 0 fully saturated rings. The van der Waals surface area contributed by atoms with Gasteiger partial charge >= 0.3 is 0 Å². The number of hydrogen-bond donors (Lipinski definition) is 1. The molecule has 0 atom stereocenters. The molecule has 74 valence electrons. The van der Waals surface area contributed by atoms with Crippen molar-refractivity contribution < 1.29 is 4.74 Å². The smallest absolute Gasteiger partial charge is 0.0944 e. The Hall–Kier alpha value is -1.62. The van der Waals surface area contributed by atoms with E-state index in [-0.39, 0.29) is 0 Å². The van der Waals surface area contributed by atoms with E-state index in [0.29, 0.717) is 18.8 Å². The fraction of sp³-hybridized carbons (Fsp3) is 0.333. The second kappa shape index (κ2) is 3.63. The standard InChI is InChI=1S/C9H12N4O/c1-14-3-2-13-9-7(5-12-13)4-11-6-8(9)10/h4-6H,2-3,10H2,1H3. The lowest BCUT2D eigenvalue weighted by Crippen LogP contribution is -2.06. The lowest BCUT2D eigenvalue weighted by atomic mass is 10.3. The van der Waals surface area contributed by atoms with Crippen LogP contribution in [0, 0.1) is 0 Å². The Labute approximate surface area is 81.5 Å². The van der Waals surface area contributed by atoms with Crippen LogP contribution in [0.1, 0.15) is 0 Å². The van der Waals surface area contributed by atoms with Crippen LogP contribution in [0.2, 0.25) is 0 Å². The minimum atomic E-state index is 0.624. The molecule has 5 heteroatoms. The van der Waals surface area contributed by atoms with Gasteiger partial charge in [-0.2, -0.15) is 5.10 Å². The predicted octanol–water partition coefficient (Wildman–Crippen LogP) is 0.660. The van der Waals surface area contributed by atoms with Crippen LogP contribution in [-0.2, 0) is 11.3 Å². The molecule has 0 spiro atoms. The van der Waals surface area contributed by atoms with Gasteiger partial charge in [0.1, 0.15) is 0 Å². The molecule has 2 heterocycles. The number of nitrogen functional groups attached to an aromatic ring is 1. The molecular weight excluding hydrogens is 180 g/mol. The molecule has 0 aliphatic carbocycles. The number of nitrogens with zero attached hydrogens (tertiary/aromatic N) is 3. The highest BCUT2D eigenvalue weighted by atomic mass is 16.5. The van der Waals surface area contributed by atoms with Gasteiger partial charge in [0, 0.05) is 18.7 Å². The zero-order chi connectivity index (χ0) is 9.97. The van der Waals surface area contributed by atoms with Gasteiger partial charge in [-0.3, -0.25) is 9.67 Å². The molecule has 5 nitrogen and oxygen atoms in total. The minimum absolute atomic E-state index is 0.624. The first kappa shape index (κ1) is 8.96. The summed E-state index contributed by atoms with van der Waals surface area (Å²) in [6.45, 7) is 1.33. The number of nitrogens with two attached hydrogens (primary N) is 1. The lowest BCUT2D eigenvalue weighted by Gasteiger charge is -2.03. The third-order valence-corrected chi connectivity index (χ3v) is 2.08. The van der Waals surface area contributed by atoms with E-state index in [1.54, 1.807) is 25.7 Å². The van der Waals surface area contributed by atoms with E-state index in [2.05, 4.69) is 10.1 Å². The summed E-state index contributed by atoms with van der Waals surface area (Å²) in [4.78, 5) is 4.00. The maximum atomic E-state index is 5.81. The van der Waals surface area contributed by atoms with Crippen LogP contribution >= 0.6 is 0 Å². The Morgan fingerprint density at radius 2 is 2.29 bits per heavy atom. The van der Waals surface area contributed by atoms with Crippen LogP contribution in [0.25, 0.3) is 10.9 Å². The summed E-state index contributed by atoms with van der Waals surface area (Å²) in [6, 6.07) is 0. The van der Waals surface area contributed by atoms with E-state index in [1.807, 2.05) is 4.68 Å². The molecule has 0 radical (unpaired) electrons. The van der Waals surface area contributed by atoms with Gasteiger partial charge in [0.25, 0.3) is 0 Å². The Balaban J connectivity index is 2.45. The maximum Gasteiger partial charge on any atom is 0.0944 e. The zero-order valence-corrected chi connectivity index (χ0v) is 7.97. The van der Waals surface area contributed by atoms with Crippen molar-refractivity contribution in [3.8, 4) is 0 Å². The quantitative estimate of drug-likeness (QED) is 0.775. The van der Waals surface area contributed by atoms with Gasteiger partial charge in [0.15, 0.2) is 0 Å². The molecule has 0 saturated carbocycles. The fourth-order valence-corrected chi connectivity index (χ4v) is 1.42. The zero-order valence-electron chi connectivity index (χ0n) is 7.97. The van der Waals surface area contributed by atoms with E-state index in [4.69, 9.17) is 10.5 Å². The van der Waals surface area contributed by atoms with Gasteiger partial charge in [-0.1, -0.05) is 0 Å². The van der Waals surface area contributed by atoms with Crippen molar-refractivity contribution in [3.05, 3.63) is 18.6 Å². The van der Waals surface area contributed by atoms with E-state index in [0.717, 1.165) is 10.9 Å². The van der Waals surface area contributed by atoms with Crippen molar-refractivity contribution >= 4 is 16.6 Å². The summed E-state index contributed by atoms with van der Waals surface area (Å²) in [5.41, 5.74) is 7.39. The van der Waals surface area contributed by atoms with Crippen molar-refractivity contribution in [1.82, 2.24) is 14.8 Å². The Bertz CT molecular complexity index is 437. The van der Waals surface area contributed by atoms with Crippen LogP contribution in [-0.4, -0.2) is 28.5 Å². The van der Waals surface area contributed by atoms with Gasteiger partial charge in [0.05, 0.1) is 36.7 Å². The Morgan fingerprint density at radius 1 is 1.43 bits per heavy atom. The molecule has 0 aliphatic heterocycles. The number of ether oxygens (including phenoxy) is 1. The van der Waals surface area contributed by atoms with Gasteiger partial charge in [-0.15, -0.1) is 0 Å². The van der Waals surface area contributed by atoms with Crippen LogP contribution in [0.5, 0.6) is 0 Å². The highest BCUT2D eigenvalue weighted by Gasteiger charge is 2.05. The second-order valence-electron chi connectivity index (χ2n) is 3.03. The molecule has 2 aromatic heterocycles. The lowest BCUT2D eigenvalue weighted by molar-refractivity contribution is 0.185. The van der Waals surface area contributed by atoms with E-state index >= 15 is 0 Å². The summed E-state index contributed by atoms with van der Waals surface area (Å²) in [6.07, 6.45) is 5.14. The average Bonchev–Trinajstić information content (AvgIpc) is 2.59. The largest absolute Gasteiger partial charge is 0.396 e. The molecule has 0 aliphatic rings. The number of hydrogen-bond acceptors (Lipinski definition) is 4. The van der Waals surface area contributed by atoms with Gasteiger partial charge in [0.2, 0.25) is 0 Å². The molecule has 0 saturated heterocycles. The average molecular weight is 192 g/mol. The van der Waals surface area contributed by atoms with Crippen LogP contribution in [0.4, 0.5) is 5.69 Å². The number of rotatable bonds is 3. The number of methoxy groups -OCH3 is 1. The molecule has 2 aromatic rings. The number of pyridine rings is 1. The maximum absolute atomic E-state index is 5.81. The second-order valence-corrected chi connectivity index (χ2v) is 3.03. The first-order valence-corrected chi connectivity index (χ1v) is 4.37. The topological polar surface area (TPSA) is 66.0 Å². The molecule has 14 heavy (non-hydrogen) atoms. The summed E-state index contributed by atoms with van der Waals surface area (Å²) in [7, 11) is 1.66. The van der Waals surface area contributed by atoms with E-state index in [9.17, 15) is 0 Å². The number of anilines is 1. The Kier molecular flexibility index (Phi) is 2.32. The first-order valence-electron chi connectivity index (χ1n) is 4.37. The highest BCUT2D eigenvalue weighted by Crippen LogP contribution is 2.18. The minimum Gasteiger partial charge on any atom is -0.396 e. The molecular formula is C9H12N4O. The van der Waals surface area contributed by atoms with Crippen LogP contribution in [0.3, 0.4) is 0 Å². The molecule has 2 rings (SSSR count). The van der Waals surface area contributed by atoms with Crippen molar-refractivity contribution in [2.75, 3.05) is 19.5 Å². The molecule has 2 N–H and O–H groups in total. The SMILES string of the molecule is COCCn1ncc2cncc(N)c21. The third kappa shape index (κ3) is 1.42. The van der Waals surface area contributed by atoms with Crippen molar-refractivity contribution in [3.63, 3.8) is 0 Å². The normalized spacial score (nSPS) is 10.9. The molecule has 0 unspecified atom stereocenters. The highest BCUT2D eigenvalue weighted by molar-refractivity contribution is 5.88. The van der Waals surface area contributed by atoms with Gasteiger partial charge in [-0.05, 0) is 0 Å². The monoisotopic (exact) mass is 192 g/mol. The van der Waals surface area contributed by atoms with Crippen LogP contribution < -0.4 is 5.73 Å². The van der Waals surface area contributed by atoms with E-state index in [1.165, 1.54) is 0 Å². The summed E-state index contributed by atoms with van der Waals surface area (Å²) in [5.74, 6) is 0. The Morgan fingerprint density at radius 3 is 3.07 bits per heavy atom. The third-order valence-electron chi connectivity index (χ3n) is 2.08. The predicted molar refractivity (Wildman–Crippen MR) is 53.8 cm³/mol. The summed E-state index contributed by atoms with van der Waals surface area (Å²) < 4.78 is 6.82. The summed E-state index contributed by atoms with van der Waals surface area (Å²) in [5, 5.41) is 5.17. The van der Waals surface area contributed by atoms with Crippen LogP contribution in [0.15, 0.2) is 18.6 Å². The van der Waals surface area contributed by atoms with Gasteiger partial charge in [-0.25, -0.2) is 0 Å². The number of fused-ring (bicyclic) bond motifs is 1. The van der Waals surface area contributed by atoms with Crippen molar-refractivity contribution in [2.24, 2.45) is 0 Å². The molecule has 0 bridgehead atoms.